The molecule has 2 N–H and O–H groups in total. The third kappa shape index (κ3) is 3.04. The highest BCUT2D eigenvalue weighted by atomic mass is 19.4. The second kappa shape index (κ2) is 6.48. The van der Waals surface area contributed by atoms with Crippen LogP contribution in [0.3, 0.4) is 0 Å². The molecule has 0 bridgehead atoms. The van der Waals surface area contributed by atoms with Gasteiger partial charge in [0.2, 0.25) is 0 Å². The largest absolute Gasteiger partial charge is 0.507 e. The van der Waals surface area contributed by atoms with Crippen LogP contribution in [0, 0.1) is 0 Å². The van der Waals surface area contributed by atoms with Crippen LogP contribution in [-0.4, -0.2) is 21.8 Å². The fourth-order valence-electron chi connectivity index (χ4n) is 3.48. The number of halogens is 3. The molecule has 0 unspecified atom stereocenters. The molecule has 1 aliphatic carbocycles. The van der Waals surface area contributed by atoms with Crippen LogP contribution in [0.5, 0.6) is 11.5 Å². The molecule has 0 spiro atoms. The summed E-state index contributed by atoms with van der Waals surface area (Å²) in [5, 5.41) is 21.0. The van der Waals surface area contributed by atoms with E-state index in [-0.39, 0.29) is 34.2 Å². The average Bonchev–Trinajstić information content (AvgIpc) is 2.68. The van der Waals surface area contributed by atoms with E-state index in [1.165, 1.54) is 24.3 Å². The molecule has 0 atom stereocenters. The van der Waals surface area contributed by atoms with Crippen molar-refractivity contribution in [2.75, 3.05) is 0 Å². The molecule has 146 valence electrons. The van der Waals surface area contributed by atoms with Crippen molar-refractivity contribution in [3.05, 3.63) is 93.5 Å². The smallest absolute Gasteiger partial charge is 0.416 e. The van der Waals surface area contributed by atoms with Crippen LogP contribution in [0.25, 0.3) is 0 Å². The Hall–Kier alpha value is -3.61. The van der Waals surface area contributed by atoms with E-state index >= 15 is 0 Å². The first-order valence-electron chi connectivity index (χ1n) is 8.61. The highest BCUT2D eigenvalue weighted by molar-refractivity contribution is 6.30. The van der Waals surface area contributed by atoms with Gasteiger partial charge in [0.25, 0.3) is 0 Å². The first-order valence-corrected chi connectivity index (χ1v) is 8.61. The number of phenolic OH excluding ortho intramolecular Hbond substituents is 2. The molecule has 29 heavy (non-hydrogen) atoms. The predicted octanol–water partition coefficient (Wildman–Crippen LogP) is 4.48. The third-order valence-corrected chi connectivity index (χ3v) is 4.90. The van der Waals surface area contributed by atoms with Crippen molar-refractivity contribution < 1.29 is 33.0 Å². The van der Waals surface area contributed by atoms with E-state index in [0.29, 0.717) is 5.56 Å². The van der Waals surface area contributed by atoms with Crippen molar-refractivity contribution in [3.63, 3.8) is 0 Å². The summed E-state index contributed by atoms with van der Waals surface area (Å²) < 4.78 is 38.1. The molecule has 4 rings (SSSR count). The molecular weight excluding hydrogens is 385 g/mol. The zero-order valence-corrected chi connectivity index (χ0v) is 14.7. The molecule has 0 saturated carbocycles. The number of rotatable bonds is 2. The molecule has 0 fully saturated rings. The summed E-state index contributed by atoms with van der Waals surface area (Å²) in [6.07, 6.45) is -4.50. The topological polar surface area (TPSA) is 74.6 Å². The van der Waals surface area contributed by atoms with Gasteiger partial charge in [-0.2, -0.15) is 13.2 Å². The maximum Gasteiger partial charge on any atom is 0.416 e. The van der Waals surface area contributed by atoms with Crippen LogP contribution in [-0.2, 0) is 12.6 Å². The van der Waals surface area contributed by atoms with E-state index in [1.807, 2.05) is 0 Å². The van der Waals surface area contributed by atoms with Gasteiger partial charge in [0, 0.05) is 23.1 Å². The molecule has 0 aliphatic heterocycles. The standard InChI is InChI=1S/C22H13F3O4/c23-22(24,25)13-7-5-11(6-8-13)9-12-10-16(26)17-18(19(12)27)21(29)15-4-2-1-3-14(15)20(17)28/h1-8,10,26-27H,9H2. The van der Waals surface area contributed by atoms with Gasteiger partial charge in [0.05, 0.1) is 16.7 Å². The molecule has 0 heterocycles. The van der Waals surface area contributed by atoms with Gasteiger partial charge in [-0.3, -0.25) is 9.59 Å². The van der Waals surface area contributed by atoms with Crippen LogP contribution >= 0.6 is 0 Å². The van der Waals surface area contributed by atoms with Gasteiger partial charge in [0.15, 0.2) is 11.6 Å². The number of carbonyl (C=O) groups is 2. The van der Waals surface area contributed by atoms with E-state index in [1.54, 1.807) is 12.1 Å². The number of alkyl halides is 3. The quantitative estimate of drug-likeness (QED) is 0.488. The number of phenols is 2. The normalized spacial score (nSPS) is 13.2. The lowest BCUT2D eigenvalue weighted by atomic mass is 9.81. The summed E-state index contributed by atoms with van der Waals surface area (Å²) in [4.78, 5) is 25.5. The Morgan fingerprint density at radius 2 is 1.34 bits per heavy atom. The van der Waals surface area contributed by atoms with Crippen LogP contribution < -0.4 is 0 Å². The molecule has 0 amide bonds. The monoisotopic (exact) mass is 398 g/mol. The van der Waals surface area contributed by atoms with Crippen molar-refractivity contribution in [1.29, 1.82) is 0 Å². The number of benzene rings is 3. The van der Waals surface area contributed by atoms with Gasteiger partial charge in [-0.15, -0.1) is 0 Å². The van der Waals surface area contributed by atoms with E-state index in [4.69, 9.17) is 0 Å². The van der Waals surface area contributed by atoms with Crippen molar-refractivity contribution in [3.8, 4) is 11.5 Å². The lowest BCUT2D eigenvalue weighted by molar-refractivity contribution is -0.137. The molecule has 3 aromatic rings. The van der Waals surface area contributed by atoms with Crippen LogP contribution in [0.15, 0.2) is 54.6 Å². The lowest BCUT2D eigenvalue weighted by Crippen LogP contribution is -2.21. The molecular formula is C22H13F3O4. The summed E-state index contributed by atoms with van der Waals surface area (Å²) >= 11 is 0. The average molecular weight is 398 g/mol. The first-order chi connectivity index (χ1) is 13.7. The zero-order chi connectivity index (χ0) is 20.9. The second-order valence-corrected chi connectivity index (χ2v) is 6.73. The van der Waals surface area contributed by atoms with Crippen LogP contribution in [0.4, 0.5) is 13.2 Å². The van der Waals surface area contributed by atoms with Gasteiger partial charge in [0.1, 0.15) is 11.5 Å². The van der Waals surface area contributed by atoms with Crippen molar-refractivity contribution in [2.45, 2.75) is 12.6 Å². The number of hydrogen-bond acceptors (Lipinski definition) is 4. The summed E-state index contributed by atoms with van der Waals surface area (Å²) in [5.41, 5.74) is -0.570. The highest BCUT2D eigenvalue weighted by Gasteiger charge is 2.35. The number of fused-ring (bicyclic) bond motifs is 2. The van der Waals surface area contributed by atoms with Crippen molar-refractivity contribution in [2.24, 2.45) is 0 Å². The predicted molar refractivity (Wildman–Crippen MR) is 97.3 cm³/mol. The second-order valence-electron chi connectivity index (χ2n) is 6.73. The number of aromatic hydroxyl groups is 2. The van der Waals surface area contributed by atoms with Gasteiger partial charge in [-0.05, 0) is 23.8 Å². The Morgan fingerprint density at radius 3 is 1.90 bits per heavy atom. The molecule has 1 aliphatic rings. The number of ketones is 2. The molecule has 3 aromatic carbocycles. The molecule has 0 aromatic heterocycles. The summed E-state index contributed by atoms with van der Waals surface area (Å²) in [5.74, 6) is -2.11. The van der Waals surface area contributed by atoms with Crippen molar-refractivity contribution >= 4 is 11.6 Å². The molecule has 0 radical (unpaired) electrons. The maximum atomic E-state index is 12.8. The number of hydrogen-bond donors (Lipinski definition) is 2. The summed E-state index contributed by atoms with van der Waals surface area (Å²) in [6.45, 7) is 0. The van der Waals surface area contributed by atoms with Crippen molar-refractivity contribution in [1.82, 2.24) is 0 Å². The Morgan fingerprint density at radius 1 is 0.793 bits per heavy atom. The van der Waals surface area contributed by atoms with E-state index < -0.39 is 34.8 Å². The highest BCUT2D eigenvalue weighted by Crippen LogP contribution is 2.40. The fourth-order valence-corrected chi connectivity index (χ4v) is 3.48. The van der Waals surface area contributed by atoms with Gasteiger partial charge in [-0.1, -0.05) is 36.4 Å². The Kier molecular flexibility index (Phi) is 4.19. The molecule has 0 saturated heterocycles. The fraction of sp³-hybridized carbons (Fsp3) is 0.0909. The minimum Gasteiger partial charge on any atom is -0.507 e. The Balaban J connectivity index is 1.77. The summed E-state index contributed by atoms with van der Waals surface area (Å²) in [7, 11) is 0. The minimum absolute atomic E-state index is 0.0338. The Bertz CT molecular complexity index is 1160. The van der Waals surface area contributed by atoms with Crippen LogP contribution in [0.1, 0.15) is 48.5 Å². The zero-order valence-electron chi connectivity index (χ0n) is 14.7. The van der Waals surface area contributed by atoms with Gasteiger partial charge < -0.3 is 10.2 Å². The summed E-state index contributed by atoms with van der Waals surface area (Å²) in [6, 6.07) is 11.6. The van der Waals surface area contributed by atoms with Gasteiger partial charge >= 0.3 is 6.18 Å². The van der Waals surface area contributed by atoms with Crippen LogP contribution in [0.2, 0.25) is 0 Å². The minimum atomic E-state index is -4.47. The number of carbonyl (C=O) groups excluding carboxylic acids is 2. The lowest BCUT2D eigenvalue weighted by Gasteiger charge is -2.21. The third-order valence-electron chi connectivity index (χ3n) is 4.90. The Labute approximate surface area is 162 Å². The molecule has 7 heteroatoms. The first kappa shape index (κ1) is 18.7. The van der Waals surface area contributed by atoms with E-state index in [2.05, 4.69) is 0 Å². The maximum absolute atomic E-state index is 12.8. The SMILES string of the molecule is O=C1c2ccccc2C(=O)c2c(O)c(Cc3ccc(C(F)(F)F)cc3)cc(O)c21. The van der Waals surface area contributed by atoms with Gasteiger partial charge in [-0.25, -0.2) is 0 Å². The molecule has 4 nitrogen and oxygen atoms in total. The van der Waals surface area contributed by atoms with E-state index in [9.17, 15) is 33.0 Å². The van der Waals surface area contributed by atoms with E-state index in [0.717, 1.165) is 18.2 Å².